The van der Waals surface area contributed by atoms with Crippen LogP contribution in [0.3, 0.4) is 0 Å². The first-order chi connectivity index (χ1) is 14.9. The van der Waals surface area contributed by atoms with Gasteiger partial charge in [-0.2, -0.15) is 0 Å². The fourth-order valence-corrected chi connectivity index (χ4v) is 6.03. The Morgan fingerprint density at radius 1 is 1.03 bits per heavy atom. The summed E-state index contributed by atoms with van der Waals surface area (Å²) in [7, 11) is 0. The number of amides is 5. The predicted molar refractivity (Wildman–Crippen MR) is 115 cm³/mol. The van der Waals surface area contributed by atoms with E-state index in [2.05, 4.69) is 22.9 Å². The van der Waals surface area contributed by atoms with Gasteiger partial charge in [0, 0.05) is 31.5 Å². The zero-order valence-electron chi connectivity index (χ0n) is 18.5. The molecule has 3 N–H and O–H groups in total. The number of hydrogen-bond donors (Lipinski definition) is 3. The van der Waals surface area contributed by atoms with E-state index in [9.17, 15) is 19.2 Å². The third-order valence-corrected chi connectivity index (χ3v) is 8.03. The lowest BCUT2D eigenvalue weighted by Crippen LogP contribution is -2.53. The molecule has 8 nitrogen and oxygen atoms in total. The Morgan fingerprint density at radius 3 is 2.48 bits per heavy atom. The second kappa shape index (κ2) is 9.57. The van der Waals surface area contributed by atoms with Gasteiger partial charge in [0.1, 0.15) is 6.04 Å². The van der Waals surface area contributed by atoms with E-state index >= 15 is 0 Å². The topological polar surface area (TPSA) is 108 Å². The molecule has 2 saturated carbocycles. The van der Waals surface area contributed by atoms with Gasteiger partial charge in [-0.25, -0.2) is 4.79 Å². The number of hydrogen-bond acceptors (Lipinski definition) is 4. The Bertz CT molecular complexity index is 718. The summed E-state index contributed by atoms with van der Waals surface area (Å²) >= 11 is 0. The Kier molecular flexibility index (Phi) is 6.82. The number of nitrogens with one attached hydrogen (secondary N) is 3. The molecule has 4 unspecified atom stereocenters. The summed E-state index contributed by atoms with van der Waals surface area (Å²) in [4.78, 5) is 50.7. The van der Waals surface area contributed by atoms with Crippen molar-refractivity contribution in [2.45, 2.75) is 83.2 Å². The average Bonchev–Trinajstić information content (AvgIpc) is 3.08. The van der Waals surface area contributed by atoms with E-state index in [0.717, 1.165) is 38.0 Å². The number of nitrogens with zero attached hydrogens (tertiary/aromatic N) is 1. The van der Waals surface area contributed by atoms with Crippen LogP contribution in [-0.4, -0.2) is 53.8 Å². The van der Waals surface area contributed by atoms with Crippen molar-refractivity contribution < 1.29 is 19.2 Å². The third kappa shape index (κ3) is 5.04. The number of urea groups is 1. The van der Waals surface area contributed by atoms with Gasteiger partial charge in [0.25, 0.3) is 0 Å². The minimum atomic E-state index is -0.513. The molecule has 0 spiro atoms. The van der Waals surface area contributed by atoms with Crippen molar-refractivity contribution in [1.82, 2.24) is 20.9 Å². The number of piperidine rings is 1. The number of carbonyl (C=O) groups excluding carboxylic acids is 4. The maximum Gasteiger partial charge on any atom is 0.315 e. The fourth-order valence-electron chi connectivity index (χ4n) is 6.03. The van der Waals surface area contributed by atoms with Crippen molar-refractivity contribution in [2.75, 3.05) is 13.1 Å². The lowest BCUT2D eigenvalue weighted by Gasteiger charge is -2.31. The van der Waals surface area contributed by atoms with Gasteiger partial charge < -0.3 is 15.5 Å². The molecule has 4 rings (SSSR count). The van der Waals surface area contributed by atoms with Crippen LogP contribution < -0.4 is 16.0 Å². The van der Waals surface area contributed by atoms with E-state index in [-0.39, 0.29) is 54.0 Å². The van der Waals surface area contributed by atoms with E-state index in [1.54, 1.807) is 4.90 Å². The van der Waals surface area contributed by atoms with Crippen LogP contribution in [0, 0.1) is 23.7 Å². The highest BCUT2D eigenvalue weighted by molar-refractivity contribution is 6.02. The Balaban J connectivity index is 1.22. The van der Waals surface area contributed by atoms with Crippen LogP contribution in [0.4, 0.5) is 4.79 Å². The summed E-state index contributed by atoms with van der Waals surface area (Å²) in [6.07, 6.45) is 9.12. The number of rotatable bonds is 5. The maximum atomic E-state index is 13.0. The van der Waals surface area contributed by atoms with E-state index in [0.29, 0.717) is 19.5 Å². The molecular formula is C23H36N4O4. The summed E-state index contributed by atoms with van der Waals surface area (Å²) < 4.78 is 0. The molecule has 5 amide bonds. The maximum absolute atomic E-state index is 13.0. The first-order valence-electron chi connectivity index (χ1n) is 12.1. The molecule has 0 bridgehead atoms. The smallest absolute Gasteiger partial charge is 0.315 e. The highest BCUT2D eigenvalue weighted by Crippen LogP contribution is 2.41. The van der Waals surface area contributed by atoms with Crippen LogP contribution in [0.5, 0.6) is 0 Å². The molecule has 2 aliphatic carbocycles. The molecule has 0 radical (unpaired) electrons. The predicted octanol–water partition coefficient (Wildman–Crippen LogP) is 1.93. The van der Waals surface area contributed by atoms with E-state index < -0.39 is 6.04 Å². The summed E-state index contributed by atoms with van der Waals surface area (Å²) in [5.74, 6) is 0.740. The van der Waals surface area contributed by atoms with Gasteiger partial charge in [0.15, 0.2) is 0 Å². The van der Waals surface area contributed by atoms with Gasteiger partial charge in [0.05, 0.1) is 0 Å². The van der Waals surface area contributed by atoms with E-state index in [1.165, 1.54) is 19.3 Å². The van der Waals surface area contributed by atoms with Crippen molar-refractivity contribution in [1.29, 1.82) is 0 Å². The lowest BCUT2D eigenvalue weighted by molar-refractivity contribution is -0.144. The summed E-state index contributed by atoms with van der Waals surface area (Å²) in [5, 5.41) is 8.51. The molecule has 0 aromatic rings. The first kappa shape index (κ1) is 22.1. The Morgan fingerprint density at radius 2 is 1.77 bits per heavy atom. The molecule has 0 aromatic heterocycles. The zero-order chi connectivity index (χ0) is 22.0. The van der Waals surface area contributed by atoms with Crippen molar-refractivity contribution >= 4 is 23.8 Å². The summed E-state index contributed by atoms with van der Waals surface area (Å²) in [6, 6.07) is -0.331. The van der Waals surface area contributed by atoms with Crippen LogP contribution in [0.15, 0.2) is 0 Å². The minimum absolute atomic E-state index is 0.0429. The summed E-state index contributed by atoms with van der Waals surface area (Å²) in [6.45, 7) is 3.43. The number of imide groups is 1. The molecule has 2 heterocycles. The highest BCUT2D eigenvalue weighted by atomic mass is 16.2. The van der Waals surface area contributed by atoms with Gasteiger partial charge >= 0.3 is 6.03 Å². The van der Waals surface area contributed by atoms with Gasteiger partial charge in [-0.15, -0.1) is 0 Å². The van der Waals surface area contributed by atoms with Gasteiger partial charge in [-0.1, -0.05) is 13.3 Å². The summed E-state index contributed by atoms with van der Waals surface area (Å²) in [5.41, 5.74) is 0. The zero-order valence-corrected chi connectivity index (χ0v) is 18.5. The van der Waals surface area contributed by atoms with E-state index in [1.807, 2.05) is 0 Å². The number of fused-ring (bicyclic) bond motifs is 1. The fraction of sp³-hybridized carbons (Fsp3) is 0.826. The minimum Gasteiger partial charge on any atom is -0.338 e. The molecule has 2 aliphatic heterocycles. The quantitative estimate of drug-likeness (QED) is 0.577. The monoisotopic (exact) mass is 432 g/mol. The molecule has 8 heteroatoms. The third-order valence-electron chi connectivity index (χ3n) is 8.03. The van der Waals surface area contributed by atoms with Crippen LogP contribution in [0.25, 0.3) is 0 Å². The van der Waals surface area contributed by atoms with Crippen molar-refractivity contribution in [3.63, 3.8) is 0 Å². The van der Waals surface area contributed by atoms with Crippen LogP contribution in [0.2, 0.25) is 0 Å². The van der Waals surface area contributed by atoms with Crippen LogP contribution >= 0.6 is 0 Å². The van der Waals surface area contributed by atoms with Crippen molar-refractivity contribution in [3.05, 3.63) is 0 Å². The van der Waals surface area contributed by atoms with Crippen molar-refractivity contribution in [2.24, 2.45) is 23.7 Å². The second-order valence-corrected chi connectivity index (χ2v) is 9.98. The second-order valence-electron chi connectivity index (χ2n) is 9.98. The molecule has 4 aliphatic rings. The van der Waals surface area contributed by atoms with Crippen LogP contribution in [-0.2, 0) is 14.4 Å². The molecule has 0 aromatic carbocycles. The Labute approximate surface area is 184 Å². The van der Waals surface area contributed by atoms with Gasteiger partial charge in [-0.05, 0) is 69.1 Å². The number of carbonyl (C=O) groups is 4. The molecule has 4 atom stereocenters. The molecule has 4 fully saturated rings. The first-order valence-corrected chi connectivity index (χ1v) is 12.1. The number of likely N-dealkylation sites (tertiary alicyclic amines) is 1. The largest absolute Gasteiger partial charge is 0.338 e. The highest BCUT2D eigenvalue weighted by Gasteiger charge is 2.48. The average molecular weight is 433 g/mol. The standard InChI is InChI=1S/C23H36N4O4/c1-2-14-4-7-17(8-5-14)25-23(31)24-12-15-3-6-16-13-27(22(30)18(16)11-15)19-9-10-20(28)26-21(19)29/h14-19H,2-13H2,1H3,(H2,24,25,31)(H,26,28,29). The van der Waals surface area contributed by atoms with Gasteiger partial charge in [0.2, 0.25) is 17.7 Å². The van der Waals surface area contributed by atoms with Crippen LogP contribution in [0.1, 0.15) is 71.1 Å². The molecule has 31 heavy (non-hydrogen) atoms. The Hall–Kier alpha value is -2.12. The molecular weight excluding hydrogens is 396 g/mol. The molecule has 2 saturated heterocycles. The van der Waals surface area contributed by atoms with Gasteiger partial charge in [-0.3, -0.25) is 19.7 Å². The lowest BCUT2D eigenvalue weighted by atomic mass is 9.75. The van der Waals surface area contributed by atoms with Crippen molar-refractivity contribution in [3.8, 4) is 0 Å². The molecule has 172 valence electrons. The SMILES string of the molecule is CCC1CCC(NC(=O)NCC2CCC3CN(C4CCC(=O)NC4=O)C(=O)C3C2)CC1. The van der Waals surface area contributed by atoms with E-state index in [4.69, 9.17) is 0 Å². The normalized spacial score (nSPS) is 36.0.